The second-order valence-electron chi connectivity index (χ2n) is 4.85. The summed E-state index contributed by atoms with van der Waals surface area (Å²) in [5.74, 6) is -0.885. The van der Waals surface area contributed by atoms with Crippen LogP contribution in [0.2, 0.25) is 0 Å². The number of aromatic carboxylic acids is 1. The Kier molecular flexibility index (Phi) is 4.77. The van der Waals surface area contributed by atoms with Crippen molar-refractivity contribution in [1.29, 1.82) is 0 Å². The van der Waals surface area contributed by atoms with E-state index in [2.05, 4.69) is 29.6 Å². The summed E-state index contributed by atoms with van der Waals surface area (Å²) in [5, 5.41) is 12.3. The van der Waals surface area contributed by atoms with Crippen LogP contribution in [0, 0.1) is 6.92 Å². The fraction of sp³-hybridized carbons (Fsp3) is 0.235. The van der Waals surface area contributed by atoms with E-state index in [9.17, 15) is 4.79 Å². The summed E-state index contributed by atoms with van der Waals surface area (Å²) in [4.78, 5) is 10.9. The van der Waals surface area contributed by atoms with Gasteiger partial charge in [-0.25, -0.2) is 4.79 Å². The van der Waals surface area contributed by atoms with Crippen molar-refractivity contribution >= 4 is 11.7 Å². The topological polar surface area (TPSA) is 49.3 Å². The Hall–Kier alpha value is -2.29. The summed E-state index contributed by atoms with van der Waals surface area (Å²) in [5.41, 5.74) is 3.64. The van der Waals surface area contributed by atoms with Crippen LogP contribution in [0.4, 0.5) is 5.69 Å². The third kappa shape index (κ3) is 3.85. The molecular formula is C17H19NO2. The maximum atomic E-state index is 10.9. The minimum Gasteiger partial charge on any atom is -0.478 e. The molecule has 2 aromatic carbocycles. The van der Waals surface area contributed by atoms with Gasteiger partial charge in [-0.2, -0.15) is 0 Å². The Labute approximate surface area is 119 Å². The monoisotopic (exact) mass is 269 g/mol. The number of benzene rings is 2. The van der Waals surface area contributed by atoms with Gasteiger partial charge in [0.15, 0.2) is 0 Å². The predicted octanol–water partition coefficient (Wildman–Crippen LogP) is 3.74. The van der Waals surface area contributed by atoms with Crippen LogP contribution in [0.25, 0.3) is 0 Å². The zero-order chi connectivity index (χ0) is 14.4. The minimum absolute atomic E-state index is 0.331. The van der Waals surface area contributed by atoms with Crippen molar-refractivity contribution in [1.82, 2.24) is 0 Å². The van der Waals surface area contributed by atoms with Gasteiger partial charge in [0.05, 0.1) is 5.56 Å². The quantitative estimate of drug-likeness (QED) is 0.785. The van der Waals surface area contributed by atoms with E-state index in [-0.39, 0.29) is 0 Å². The largest absolute Gasteiger partial charge is 0.478 e. The second kappa shape index (κ2) is 6.75. The first-order valence-electron chi connectivity index (χ1n) is 6.78. The van der Waals surface area contributed by atoms with Gasteiger partial charge < -0.3 is 10.4 Å². The van der Waals surface area contributed by atoms with Gasteiger partial charge in [0.1, 0.15) is 0 Å². The highest BCUT2D eigenvalue weighted by Crippen LogP contribution is 2.16. The lowest BCUT2D eigenvalue weighted by atomic mass is 10.1. The number of rotatable bonds is 6. The molecule has 2 aromatic rings. The maximum Gasteiger partial charge on any atom is 0.335 e. The molecular weight excluding hydrogens is 250 g/mol. The molecule has 0 radical (unpaired) electrons. The number of carboxylic acids is 1. The van der Waals surface area contributed by atoms with Crippen LogP contribution in [-0.2, 0) is 6.42 Å². The van der Waals surface area contributed by atoms with Gasteiger partial charge in [-0.3, -0.25) is 0 Å². The van der Waals surface area contributed by atoms with E-state index in [1.165, 1.54) is 5.56 Å². The van der Waals surface area contributed by atoms with Crippen LogP contribution in [0.15, 0.2) is 48.5 Å². The van der Waals surface area contributed by atoms with Gasteiger partial charge in [-0.1, -0.05) is 30.3 Å². The number of carboxylic acid groups (broad SMARTS) is 1. The van der Waals surface area contributed by atoms with Crippen LogP contribution in [0.1, 0.15) is 27.9 Å². The summed E-state index contributed by atoms with van der Waals surface area (Å²) in [6.45, 7) is 2.80. The fourth-order valence-corrected chi connectivity index (χ4v) is 2.16. The molecule has 104 valence electrons. The van der Waals surface area contributed by atoms with Crippen molar-refractivity contribution in [3.63, 3.8) is 0 Å². The van der Waals surface area contributed by atoms with Crippen molar-refractivity contribution < 1.29 is 9.90 Å². The molecule has 20 heavy (non-hydrogen) atoms. The Bertz CT molecular complexity index is 579. The molecule has 2 N–H and O–H groups in total. The number of nitrogens with one attached hydrogen (secondary N) is 1. The predicted molar refractivity (Wildman–Crippen MR) is 81.4 cm³/mol. The van der Waals surface area contributed by atoms with Crippen LogP contribution in [-0.4, -0.2) is 17.6 Å². The summed E-state index contributed by atoms with van der Waals surface area (Å²) >= 11 is 0. The standard InChI is InChI=1S/C17H19NO2/c1-13-12-15(17(19)20)9-10-16(13)18-11-5-8-14-6-3-2-4-7-14/h2-4,6-7,9-10,12,18H,5,8,11H2,1H3,(H,19,20). The average molecular weight is 269 g/mol. The minimum atomic E-state index is -0.885. The third-order valence-corrected chi connectivity index (χ3v) is 3.27. The molecule has 0 unspecified atom stereocenters. The van der Waals surface area contributed by atoms with Gasteiger partial charge in [0.25, 0.3) is 0 Å². The fourth-order valence-electron chi connectivity index (χ4n) is 2.16. The SMILES string of the molecule is Cc1cc(C(=O)O)ccc1NCCCc1ccccc1. The smallest absolute Gasteiger partial charge is 0.335 e. The summed E-state index contributed by atoms with van der Waals surface area (Å²) in [6, 6.07) is 15.6. The van der Waals surface area contributed by atoms with Gasteiger partial charge in [-0.05, 0) is 49.1 Å². The van der Waals surface area contributed by atoms with Gasteiger partial charge in [0, 0.05) is 12.2 Å². The van der Waals surface area contributed by atoms with Crippen molar-refractivity contribution in [2.75, 3.05) is 11.9 Å². The molecule has 0 aliphatic carbocycles. The number of carbonyl (C=O) groups is 1. The lowest BCUT2D eigenvalue weighted by molar-refractivity contribution is 0.0697. The van der Waals surface area contributed by atoms with E-state index in [0.29, 0.717) is 5.56 Å². The Balaban J connectivity index is 1.84. The number of aryl methyl sites for hydroxylation is 2. The molecule has 3 nitrogen and oxygen atoms in total. The van der Waals surface area contributed by atoms with Crippen LogP contribution >= 0.6 is 0 Å². The van der Waals surface area contributed by atoms with E-state index >= 15 is 0 Å². The number of hydrogen-bond acceptors (Lipinski definition) is 2. The zero-order valence-corrected chi connectivity index (χ0v) is 11.6. The lowest BCUT2D eigenvalue weighted by Gasteiger charge is -2.10. The Morgan fingerprint density at radius 2 is 1.90 bits per heavy atom. The van der Waals surface area contributed by atoms with Gasteiger partial charge >= 0.3 is 5.97 Å². The normalized spacial score (nSPS) is 10.2. The maximum absolute atomic E-state index is 10.9. The first-order chi connectivity index (χ1) is 9.66. The van der Waals surface area contributed by atoms with Crippen molar-refractivity contribution in [2.45, 2.75) is 19.8 Å². The summed E-state index contributed by atoms with van der Waals surface area (Å²) < 4.78 is 0. The Morgan fingerprint density at radius 3 is 2.55 bits per heavy atom. The highest BCUT2D eigenvalue weighted by atomic mass is 16.4. The van der Waals surface area contributed by atoms with Gasteiger partial charge in [-0.15, -0.1) is 0 Å². The molecule has 0 saturated heterocycles. The van der Waals surface area contributed by atoms with Crippen molar-refractivity contribution in [2.24, 2.45) is 0 Å². The van der Waals surface area contributed by atoms with E-state index in [0.717, 1.165) is 30.6 Å². The molecule has 0 atom stereocenters. The molecule has 3 heteroatoms. The zero-order valence-electron chi connectivity index (χ0n) is 11.6. The highest BCUT2D eigenvalue weighted by molar-refractivity contribution is 5.88. The summed E-state index contributed by atoms with van der Waals surface area (Å²) in [6.07, 6.45) is 2.09. The molecule has 0 fully saturated rings. The van der Waals surface area contributed by atoms with E-state index in [1.807, 2.05) is 19.1 Å². The molecule has 0 spiro atoms. The molecule has 0 amide bonds. The highest BCUT2D eigenvalue weighted by Gasteiger charge is 2.05. The number of anilines is 1. The van der Waals surface area contributed by atoms with Crippen LogP contribution in [0.5, 0.6) is 0 Å². The number of hydrogen-bond donors (Lipinski definition) is 2. The lowest BCUT2D eigenvalue weighted by Crippen LogP contribution is -2.05. The molecule has 2 rings (SSSR count). The van der Waals surface area contributed by atoms with Gasteiger partial charge in [0.2, 0.25) is 0 Å². The first-order valence-corrected chi connectivity index (χ1v) is 6.78. The van der Waals surface area contributed by atoms with Crippen molar-refractivity contribution in [3.8, 4) is 0 Å². The Morgan fingerprint density at radius 1 is 1.15 bits per heavy atom. The first kappa shape index (κ1) is 14.1. The van der Waals surface area contributed by atoms with Crippen molar-refractivity contribution in [3.05, 3.63) is 65.2 Å². The molecule has 0 aliphatic heterocycles. The summed E-state index contributed by atoms with van der Waals surface area (Å²) in [7, 11) is 0. The molecule has 0 saturated carbocycles. The van der Waals surface area contributed by atoms with E-state index < -0.39 is 5.97 Å². The van der Waals surface area contributed by atoms with Crippen LogP contribution in [0.3, 0.4) is 0 Å². The average Bonchev–Trinajstić information content (AvgIpc) is 2.46. The molecule has 0 heterocycles. The molecule has 0 bridgehead atoms. The molecule has 0 aromatic heterocycles. The van der Waals surface area contributed by atoms with E-state index in [1.54, 1.807) is 12.1 Å². The molecule has 0 aliphatic rings. The van der Waals surface area contributed by atoms with Crippen LogP contribution < -0.4 is 5.32 Å². The van der Waals surface area contributed by atoms with E-state index in [4.69, 9.17) is 5.11 Å². The second-order valence-corrected chi connectivity index (χ2v) is 4.85. The third-order valence-electron chi connectivity index (χ3n) is 3.27.